The van der Waals surface area contributed by atoms with E-state index in [-0.39, 0.29) is 24.5 Å². The number of hydrogen-bond donors (Lipinski definition) is 1. The second kappa shape index (κ2) is 6.90. The van der Waals surface area contributed by atoms with Gasteiger partial charge in [-0.1, -0.05) is 17.7 Å². The molecule has 0 saturated carbocycles. The first-order valence-corrected chi connectivity index (χ1v) is 7.35. The van der Waals surface area contributed by atoms with Gasteiger partial charge in [-0.05, 0) is 25.5 Å². The third-order valence-corrected chi connectivity index (χ3v) is 3.74. The molecule has 0 saturated heterocycles. The molecule has 0 unspecified atom stereocenters. The van der Waals surface area contributed by atoms with Crippen LogP contribution in [0.4, 0.5) is 13.2 Å². The van der Waals surface area contributed by atoms with Gasteiger partial charge in [-0.25, -0.2) is 0 Å². The number of alkyl halides is 3. The normalized spacial score (nSPS) is 12.2. The lowest BCUT2D eigenvalue weighted by Crippen LogP contribution is -2.37. The van der Waals surface area contributed by atoms with E-state index in [4.69, 9.17) is 0 Å². The van der Waals surface area contributed by atoms with E-state index in [2.05, 4.69) is 4.18 Å². The van der Waals surface area contributed by atoms with Crippen molar-refractivity contribution in [1.82, 2.24) is 5.32 Å². The number of nitrogens with one attached hydrogen (secondary N) is 1. The number of hydrogen-bond acceptors (Lipinski definition) is 4. The fourth-order valence-electron chi connectivity index (χ4n) is 1.32. The maximum atomic E-state index is 11.9. The van der Waals surface area contributed by atoms with Gasteiger partial charge in [0.05, 0.1) is 11.5 Å². The minimum Gasteiger partial charge on any atom is -0.348 e. The quantitative estimate of drug-likeness (QED) is 0.639. The van der Waals surface area contributed by atoms with Crippen LogP contribution in [0.15, 0.2) is 29.2 Å². The Bertz CT molecular complexity index is 582. The summed E-state index contributed by atoms with van der Waals surface area (Å²) in [5.41, 5.74) is 0.879. The van der Waals surface area contributed by atoms with Crippen LogP contribution in [0.1, 0.15) is 12.0 Å². The molecule has 0 radical (unpaired) electrons. The van der Waals surface area contributed by atoms with E-state index in [1.807, 2.05) is 0 Å². The molecule has 0 bridgehead atoms. The topological polar surface area (TPSA) is 72.5 Å². The summed E-state index contributed by atoms with van der Waals surface area (Å²) in [7, 11) is -3.94. The van der Waals surface area contributed by atoms with E-state index in [1.165, 1.54) is 12.1 Å². The molecule has 0 aliphatic rings. The summed E-state index contributed by atoms with van der Waals surface area (Å²) in [6.07, 6.45) is -5.01. The minimum absolute atomic E-state index is 0.0348. The van der Waals surface area contributed by atoms with Gasteiger partial charge >= 0.3 is 12.1 Å². The second-order valence-electron chi connectivity index (χ2n) is 4.20. The Morgan fingerprint density at radius 2 is 1.81 bits per heavy atom. The van der Waals surface area contributed by atoms with Crippen LogP contribution < -0.4 is 5.32 Å². The molecule has 21 heavy (non-hydrogen) atoms. The number of rotatable bonds is 6. The van der Waals surface area contributed by atoms with Crippen molar-refractivity contribution in [2.75, 3.05) is 13.2 Å². The Morgan fingerprint density at radius 3 is 2.33 bits per heavy atom. The van der Waals surface area contributed by atoms with Crippen LogP contribution in [0.5, 0.6) is 0 Å². The van der Waals surface area contributed by atoms with Crippen LogP contribution in [-0.2, 0) is 19.1 Å². The summed E-state index contributed by atoms with van der Waals surface area (Å²) in [6, 6.07) is 5.94. The van der Waals surface area contributed by atoms with Gasteiger partial charge < -0.3 is 5.32 Å². The molecule has 0 fully saturated rings. The van der Waals surface area contributed by atoms with Gasteiger partial charge in [-0.3, -0.25) is 8.98 Å². The summed E-state index contributed by atoms with van der Waals surface area (Å²) in [6.45, 7) is 1.14. The van der Waals surface area contributed by atoms with Crippen LogP contribution >= 0.6 is 0 Å². The molecule has 1 aromatic rings. The smallest absolute Gasteiger partial charge is 0.348 e. The number of carbonyl (C=O) groups is 1. The van der Waals surface area contributed by atoms with Crippen molar-refractivity contribution in [3.63, 3.8) is 0 Å². The number of amides is 1. The van der Waals surface area contributed by atoms with Crippen molar-refractivity contribution >= 4 is 16.0 Å². The van der Waals surface area contributed by atoms with Gasteiger partial charge in [0, 0.05) is 6.54 Å². The Morgan fingerprint density at radius 1 is 1.24 bits per heavy atom. The predicted molar refractivity (Wildman–Crippen MR) is 68.0 cm³/mol. The third kappa shape index (κ3) is 5.72. The minimum atomic E-state index is -4.95. The first-order valence-electron chi connectivity index (χ1n) is 5.94. The summed E-state index contributed by atoms with van der Waals surface area (Å²) in [5, 5.41) is 1.62. The summed E-state index contributed by atoms with van der Waals surface area (Å²) in [5.74, 6) is -2.07. The van der Waals surface area contributed by atoms with Crippen LogP contribution in [0.25, 0.3) is 0 Å². The van der Waals surface area contributed by atoms with Crippen molar-refractivity contribution in [3.8, 4) is 0 Å². The summed E-state index contributed by atoms with van der Waals surface area (Å²) in [4.78, 5) is 10.4. The highest BCUT2D eigenvalue weighted by Crippen LogP contribution is 2.14. The maximum absolute atomic E-state index is 11.9. The number of halogens is 3. The molecule has 0 atom stereocenters. The van der Waals surface area contributed by atoms with E-state index in [1.54, 1.807) is 24.4 Å². The third-order valence-electron chi connectivity index (χ3n) is 2.41. The first kappa shape index (κ1) is 17.4. The highest BCUT2D eigenvalue weighted by atomic mass is 32.2. The van der Waals surface area contributed by atoms with Gasteiger partial charge in [-0.2, -0.15) is 21.6 Å². The Balaban J connectivity index is 2.39. The predicted octanol–water partition coefficient (Wildman–Crippen LogP) is 1.77. The van der Waals surface area contributed by atoms with Crippen LogP contribution in [0, 0.1) is 6.92 Å². The van der Waals surface area contributed by atoms with Gasteiger partial charge in [0.15, 0.2) is 0 Å². The van der Waals surface area contributed by atoms with Crippen LogP contribution in [0.2, 0.25) is 0 Å². The molecule has 0 heterocycles. The van der Waals surface area contributed by atoms with Gasteiger partial charge in [0.25, 0.3) is 10.1 Å². The van der Waals surface area contributed by atoms with Crippen molar-refractivity contribution in [2.45, 2.75) is 24.4 Å². The zero-order valence-electron chi connectivity index (χ0n) is 11.1. The maximum Gasteiger partial charge on any atom is 0.471 e. The van der Waals surface area contributed by atoms with Crippen molar-refractivity contribution in [1.29, 1.82) is 0 Å². The Labute approximate surface area is 120 Å². The lowest BCUT2D eigenvalue weighted by Gasteiger charge is -2.08. The number of aryl methyl sites for hydroxylation is 1. The van der Waals surface area contributed by atoms with Crippen LogP contribution in [0.3, 0.4) is 0 Å². The molecule has 1 N–H and O–H groups in total. The monoisotopic (exact) mass is 325 g/mol. The van der Waals surface area contributed by atoms with E-state index in [0.717, 1.165) is 5.56 Å². The molecule has 5 nitrogen and oxygen atoms in total. The van der Waals surface area contributed by atoms with Crippen LogP contribution in [-0.4, -0.2) is 33.7 Å². The average Bonchev–Trinajstić information content (AvgIpc) is 2.37. The van der Waals surface area contributed by atoms with Crippen molar-refractivity contribution in [2.24, 2.45) is 0 Å². The SMILES string of the molecule is Cc1ccc(S(=O)(=O)OCCCNC(=O)C(F)(F)F)cc1. The number of carbonyl (C=O) groups excluding carboxylic acids is 1. The first-order chi connectivity index (χ1) is 9.63. The van der Waals surface area contributed by atoms with Gasteiger partial charge in [0.1, 0.15) is 0 Å². The molecule has 1 amide bonds. The average molecular weight is 325 g/mol. The molecule has 0 aliphatic carbocycles. The molecule has 1 rings (SSSR count). The summed E-state index contributed by atoms with van der Waals surface area (Å²) >= 11 is 0. The zero-order valence-corrected chi connectivity index (χ0v) is 11.9. The van der Waals surface area contributed by atoms with Crippen molar-refractivity contribution in [3.05, 3.63) is 29.8 Å². The lowest BCUT2D eigenvalue weighted by atomic mass is 10.2. The fraction of sp³-hybridized carbons (Fsp3) is 0.417. The van der Waals surface area contributed by atoms with Crippen molar-refractivity contribution < 1.29 is 30.6 Å². The Hall–Kier alpha value is -1.61. The molecular formula is C12H14F3NO4S. The zero-order chi connectivity index (χ0) is 16.1. The highest BCUT2D eigenvalue weighted by Gasteiger charge is 2.38. The van der Waals surface area contributed by atoms with E-state index >= 15 is 0 Å². The molecule has 0 spiro atoms. The molecule has 118 valence electrons. The van der Waals surface area contributed by atoms with E-state index in [9.17, 15) is 26.4 Å². The summed E-state index contributed by atoms with van der Waals surface area (Å²) < 4.78 is 63.7. The Kier molecular flexibility index (Phi) is 5.73. The molecule has 9 heteroatoms. The van der Waals surface area contributed by atoms with E-state index < -0.39 is 22.2 Å². The molecular weight excluding hydrogens is 311 g/mol. The van der Waals surface area contributed by atoms with Gasteiger partial charge in [-0.15, -0.1) is 0 Å². The highest BCUT2D eigenvalue weighted by molar-refractivity contribution is 7.86. The van der Waals surface area contributed by atoms with E-state index in [0.29, 0.717) is 0 Å². The second-order valence-corrected chi connectivity index (χ2v) is 5.81. The standard InChI is InChI=1S/C12H14F3NO4S/c1-9-3-5-10(6-4-9)21(18,19)20-8-2-7-16-11(17)12(13,14)15/h3-6H,2,7-8H2,1H3,(H,16,17). The van der Waals surface area contributed by atoms with Gasteiger partial charge in [0.2, 0.25) is 0 Å². The number of benzene rings is 1. The largest absolute Gasteiger partial charge is 0.471 e. The molecule has 0 aliphatic heterocycles. The molecule has 0 aromatic heterocycles. The molecule has 1 aromatic carbocycles. The fourth-order valence-corrected chi connectivity index (χ4v) is 2.26. The lowest BCUT2D eigenvalue weighted by molar-refractivity contribution is -0.173.